The Morgan fingerprint density at radius 1 is 1.08 bits per heavy atom. The first kappa shape index (κ1) is 21.6. The molecule has 1 aromatic carbocycles. The Kier molecular flexibility index (Phi) is 10.7. The quantitative estimate of drug-likeness (QED) is 0.410. The Morgan fingerprint density at radius 2 is 1.81 bits per heavy atom. The molecule has 1 aromatic rings. The zero-order chi connectivity index (χ0) is 19.2. The summed E-state index contributed by atoms with van der Waals surface area (Å²) in [5.41, 5.74) is 0.842. The molecule has 144 valence electrons. The third-order valence-electron chi connectivity index (χ3n) is 3.28. The molecule has 0 aliphatic rings. The monoisotopic (exact) mass is 366 g/mol. The predicted octanol–water partition coefficient (Wildman–Crippen LogP) is 0.404. The highest BCUT2D eigenvalue weighted by Gasteiger charge is 2.23. The number of carbonyl (C=O) groups is 3. The Morgan fingerprint density at radius 3 is 2.46 bits per heavy atom. The van der Waals surface area contributed by atoms with Gasteiger partial charge in [0.1, 0.15) is 12.6 Å². The highest BCUT2D eigenvalue weighted by atomic mass is 16.5. The fourth-order valence-electron chi connectivity index (χ4n) is 2.03. The predicted molar refractivity (Wildman–Crippen MR) is 94.2 cm³/mol. The molecular formula is C18H26N2O6. The van der Waals surface area contributed by atoms with Crippen LogP contribution in [-0.2, 0) is 35.2 Å². The molecule has 26 heavy (non-hydrogen) atoms. The number of carbonyl (C=O) groups excluding carboxylic acids is 3. The molecule has 8 nitrogen and oxygen atoms in total. The van der Waals surface area contributed by atoms with E-state index in [0.717, 1.165) is 5.56 Å². The lowest BCUT2D eigenvalue weighted by molar-refractivity contribution is -0.147. The van der Waals surface area contributed by atoms with Gasteiger partial charge in [-0.2, -0.15) is 0 Å². The molecule has 2 amide bonds. The van der Waals surface area contributed by atoms with Crippen molar-refractivity contribution in [1.82, 2.24) is 10.6 Å². The topological polar surface area (TPSA) is 103 Å². The number of esters is 1. The van der Waals surface area contributed by atoms with Gasteiger partial charge < -0.3 is 24.8 Å². The van der Waals surface area contributed by atoms with Crippen molar-refractivity contribution in [2.45, 2.75) is 26.0 Å². The highest BCUT2D eigenvalue weighted by Crippen LogP contribution is 2.03. The Hall–Kier alpha value is -2.45. The molecule has 2 N–H and O–H groups in total. The highest BCUT2D eigenvalue weighted by molar-refractivity contribution is 5.90. The Balaban J connectivity index is 2.40. The largest absolute Gasteiger partial charge is 0.461 e. The van der Waals surface area contributed by atoms with E-state index in [1.807, 2.05) is 30.3 Å². The summed E-state index contributed by atoms with van der Waals surface area (Å²) in [7, 11) is 1.57. The fourth-order valence-corrected chi connectivity index (χ4v) is 2.03. The van der Waals surface area contributed by atoms with E-state index < -0.39 is 23.8 Å². The third-order valence-corrected chi connectivity index (χ3v) is 3.28. The van der Waals surface area contributed by atoms with Crippen LogP contribution in [0.15, 0.2) is 30.3 Å². The molecule has 0 fully saturated rings. The van der Waals surface area contributed by atoms with Crippen molar-refractivity contribution >= 4 is 17.8 Å². The van der Waals surface area contributed by atoms with E-state index in [9.17, 15) is 14.4 Å². The van der Waals surface area contributed by atoms with Crippen LogP contribution in [0.4, 0.5) is 0 Å². The zero-order valence-corrected chi connectivity index (χ0v) is 15.2. The number of amides is 2. The normalized spacial score (nSPS) is 11.5. The van der Waals surface area contributed by atoms with Crippen LogP contribution in [0, 0.1) is 0 Å². The first-order valence-electron chi connectivity index (χ1n) is 8.34. The Labute approximate surface area is 153 Å². The maximum Gasteiger partial charge on any atom is 0.308 e. The molecule has 0 aromatic heterocycles. The average molecular weight is 366 g/mol. The zero-order valence-electron chi connectivity index (χ0n) is 15.2. The SMILES string of the molecule is COCCOCCNC(=O)[C@H](CC(=O)OCc1ccccc1)NC(C)=O. The van der Waals surface area contributed by atoms with E-state index in [0.29, 0.717) is 19.8 Å². The van der Waals surface area contributed by atoms with E-state index in [1.54, 1.807) is 7.11 Å². The number of rotatable bonds is 12. The fraction of sp³-hybridized carbons (Fsp3) is 0.500. The van der Waals surface area contributed by atoms with E-state index in [2.05, 4.69) is 10.6 Å². The van der Waals surface area contributed by atoms with E-state index >= 15 is 0 Å². The summed E-state index contributed by atoms with van der Waals surface area (Å²) in [6.45, 7) is 2.85. The molecule has 1 atom stereocenters. The van der Waals surface area contributed by atoms with Gasteiger partial charge in [0.2, 0.25) is 11.8 Å². The maximum absolute atomic E-state index is 12.2. The van der Waals surface area contributed by atoms with Gasteiger partial charge in [0, 0.05) is 20.6 Å². The van der Waals surface area contributed by atoms with Crippen LogP contribution in [0.3, 0.4) is 0 Å². The number of benzene rings is 1. The van der Waals surface area contributed by atoms with E-state index in [-0.39, 0.29) is 19.6 Å². The molecule has 0 aliphatic heterocycles. The van der Waals surface area contributed by atoms with Crippen LogP contribution in [0.2, 0.25) is 0 Å². The third kappa shape index (κ3) is 9.75. The first-order chi connectivity index (χ1) is 12.5. The molecule has 0 bridgehead atoms. The summed E-state index contributed by atoms with van der Waals surface area (Å²) >= 11 is 0. The molecule has 0 radical (unpaired) electrons. The average Bonchev–Trinajstić information content (AvgIpc) is 2.62. The second-order valence-corrected chi connectivity index (χ2v) is 5.50. The van der Waals surface area contributed by atoms with Gasteiger partial charge in [-0.25, -0.2) is 0 Å². The maximum atomic E-state index is 12.2. The smallest absolute Gasteiger partial charge is 0.308 e. The van der Waals surface area contributed by atoms with Gasteiger partial charge in [-0.1, -0.05) is 30.3 Å². The van der Waals surface area contributed by atoms with Crippen LogP contribution < -0.4 is 10.6 Å². The van der Waals surface area contributed by atoms with Gasteiger partial charge in [0.05, 0.1) is 26.2 Å². The summed E-state index contributed by atoms with van der Waals surface area (Å²) in [5.74, 6) is -1.44. The number of nitrogens with one attached hydrogen (secondary N) is 2. The second kappa shape index (κ2) is 12.8. The molecule has 0 unspecified atom stereocenters. The summed E-state index contributed by atoms with van der Waals surface area (Å²) in [4.78, 5) is 35.4. The lowest BCUT2D eigenvalue weighted by atomic mass is 10.2. The molecule has 8 heteroatoms. The second-order valence-electron chi connectivity index (χ2n) is 5.50. The van der Waals surface area contributed by atoms with Crippen molar-refractivity contribution in [1.29, 1.82) is 0 Å². The molecule has 0 heterocycles. The van der Waals surface area contributed by atoms with E-state index in [4.69, 9.17) is 14.2 Å². The van der Waals surface area contributed by atoms with Crippen LogP contribution in [0.25, 0.3) is 0 Å². The van der Waals surface area contributed by atoms with Gasteiger partial charge >= 0.3 is 5.97 Å². The molecule has 1 rings (SSSR count). The van der Waals surface area contributed by atoms with Crippen LogP contribution in [0.5, 0.6) is 0 Å². The summed E-state index contributed by atoms with van der Waals surface area (Å²) in [6, 6.07) is 8.21. The van der Waals surface area contributed by atoms with Crippen LogP contribution in [-0.4, -0.2) is 57.3 Å². The molecular weight excluding hydrogens is 340 g/mol. The van der Waals surface area contributed by atoms with Crippen LogP contribution in [0.1, 0.15) is 18.9 Å². The van der Waals surface area contributed by atoms with Crippen molar-refractivity contribution < 1.29 is 28.6 Å². The lowest BCUT2D eigenvalue weighted by Crippen LogP contribution is -2.48. The van der Waals surface area contributed by atoms with Gasteiger partial charge in [0.15, 0.2) is 0 Å². The van der Waals surface area contributed by atoms with Gasteiger partial charge in [-0.05, 0) is 5.56 Å². The molecule has 0 aliphatic carbocycles. The molecule has 0 spiro atoms. The first-order valence-corrected chi connectivity index (χ1v) is 8.34. The van der Waals surface area contributed by atoms with Crippen molar-refractivity contribution in [2.24, 2.45) is 0 Å². The minimum atomic E-state index is -0.991. The standard InChI is InChI=1S/C18H26N2O6/c1-14(21)20-16(18(23)19-8-9-25-11-10-24-2)12-17(22)26-13-15-6-4-3-5-7-15/h3-7,16H,8-13H2,1-2H3,(H,19,23)(H,20,21)/t16-/m0/s1. The minimum absolute atomic E-state index is 0.113. The number of ether oxygens (including phenoxy) is 3. The van der Waals surface area contributed by atoms with Crippen molar-refractivity contribution in [3.63, 3.8) is 0 Å². The number of hydrogen-bond acceptors (Lipinski definition) is 6. The number of methoxy groups -OCH3 is 1. The van der Waals surface area contributed by atoms with Gasteiger partial charge in [0.25, 0.3) is 0 Å². The van der Waals surface area contributed by atoms with Crippen molar-refractivity contribution in [2.75, 3.05) is 33.5 Å². The summed E-state index contributed by atoms with van der Waals surface area (Å²) in [6.07, 6.45) is -0.247. The van der Waals surface area contributed by atoms with Gasteiger partial charge in [-0.3, -0.25) is 14.4 Å². The van der Waals surface area contributed by atoms with Crippen molar-refractivity contribution in [3.8, 4) is 0 Å². The van der Waals surface area contributed by atoms with Crippen LogP contribution >= 0.6 is 0 Å². The lowest BCUT2D eigenvalue weighted by Gasteiger charge is -2.17. The Bertz CT molecular complexity index is 564. The minimum Gasteiger partial charge on any atom is -0.461 e. The van der Waals surface area contributed by atoms with Crippen molar-refractivity contribution in [3.05, 3.63) is 35.9 Å². The summed E-state index contributed by atoms with van der Waals surface area (Å²) in [5, 5.41) is 5.07. The van der Waals surface area contributed by atoms with Gasteiger partial charge in [-0.15, -0.1) is 0 Å². The molecule has 0 saturated carbocycles. The summed E-state index contributed by atoms with van der Waals surface area (Å²) < 4.78 is 15.2. The number of hydrogen-bond donors (Lipinski definition) is 2. The van der Waals surface area contributed by atoms with E-state index in [1.165, 1.54) is 6.92 Å². The molecule has 0 saturated heterocycles.